The van der Waals surface area contributed by atoms with Crippen molar-refractivity contribution in [3.63, 3.8) is 0 Å². The molecule has 7 aromatic rings. The monoisotopic (exact) mass is 824 g/mol. The summed E-state index contributed by atoms with van der Waals surface area (Å²) in [6.07, 6.45) is 6.26. The second kappa shape index (κ2) is 15.0. The van der Waals surface area contributed by atoms with Crippen LogP contribution < -0.4 is 0 Å². The van der Waals surface area contributed by atoms with Crippen LogP contribution in [0.15, 0.2) is 108 Å². The van der Waals surface area contributed by atoms with Gasteiger partial charge in [0.25, 0.3) is 0 Å². The Bertz CT molecular complexity index is 2310. The first kappa shape index (κ1) is 29.5. The van der Waals surface area contributed by atoms with E-state index in [0.717, 1.165) is 68.5 Å². The van der Waals surface area contributed by atoms with Gasteiger partial charge in [0.1, 0.15) is 0 Å². The maximum atomic E-state index is 9.15. The molecule has 1 aliphatic carbocycles. The SMILES string of the molecule is [2H]C([2H])([2H])c1ccc(-c2[c-]cccc2)nc1.[2H]C1(c2ccc(-c3[c-]ccc4c3oc3nc(-c5c(C)cccc5C)ccc34)nc2)CC(C)CC(C)C1.[Ir]. The van der Waals surface area contributed by atoms with Crippen molar-refractivity contribution in [1.29, 1.82) is 0 Å². The van der Waals surface area contributed by atoms with Crippen LogP contribution in [0, 0.1) is 44.7 Å². The van der Waals surface area contributed by atoms with Crippen molar-refractivity contribution < 1.29 is 30.0 Å². The fourth-order valence-corrected chi connectivity index (χ4v) is 7.04. The molecule has 4 nitrogen and oxygen atoms in total. The minimum absolute atomic E-state index is 0. The first-order valence-electron chi connectivity index (χ1n) is 18.6. The smallest absolute Gasteiger partial charge is 0.216 e. The van der Waals surface area contributed by atoms with Crippen LogP contribution in [0.25, 0.3) is 55.8 Å². The predicted molar refractivity (Wildman–Crippen MR) is 197 cm³/mol. The Kier molecular flexibility index (Phi) is 9.01. The molecule has 4 heterocycles. The summed E-state index contributed by atoms with van der Waals surface area (Å²) in [5.41, 5.74) is 10.3. The third-order valence-corrected chi connectivity index (χ3v) is 9.21. The number of pyridine rings is 3. The van der Waals surface area contributed by atoms with E-state index in [1.807, 2.05) is 42.6 Å². The van der Waals surface area contributed by atoms with Crippen molar-refractivity contribution in [3.8, 4) is 33.8 Å². The Labute approximate surface area is 309 Å². The van der Waals surface area contributed by atoms with Crippen molar-refractivity contribution in [1.82, 2.24) is 15.0 Å². The molecule has 1 radical (unpaired) electrons. The van der Waals surface area contributed by atoms with Crippen molar-refractivity contribution in [2.24, 2.45) is 11.8 Å². The van der Waals surface area contributed by atoms with Gasteiger partial charge >= 0.3 is 0 Å². The summed E-state index contributed by atoms with van der Waals surface area (Å²) in [6.45, 7) is 6.66. The molecule has 1 saturated carbocycles. The second-order valence-electron chi connectivity index (χ2n) is 13.1. The van der Waals surface area contributed by atoms with Gasteiger partial charge in [0.05, 0.1) is 11.3 Å². The molecule has 249 valence electrons. The first-order valence-corrected chi connectivity index (χ1v) is 16.6. The summed E-state index contributed by atoms with van der Waals surface area (Å²) < 4.78 is 37.2. The number of nitrogens with zero attached hydrogens (tertiary/aromatic N) is 3. The molecular weight excluding hydrogens is 779 g/mol. The van der Waals surface area contributed by atoms with Crippen molar-refractivity contribution >= 4 is 22.1 Å². The van der Waals surface area contributed by atoms with Gasteiger partial charge in [-0.3, -0.25) is 0 Å². The Morgan fingerprint density at radius 1 is 0.735 bits per heavy atom. The van der Waals surface area contributed by atoms with Crippen LogP contribution in [0.3, 0.4) is 0 Å². The third kappa shape index (κ3) is 7.44. The number of fused-ring (bicyclic) bond motifs is 3. The van der Waals surface area contributed by atoms with Crippen LogP contribution in [-0.2, 0) is 20.1 Å². The largest absolute Gasteiger partial charge is 0.486 e. The molecule has 8 rings (SSSR count). The minimum Gasteiger partial charge on any atom is -0.486 e. The van der Waals surface area contributed by atoms with Gasteiger partial charge in [0.15, 0.2) is 0 Å². The van der Waals surface area contributed by atoms with E-state index in [0.29, 0.717) is 17.5 Å². The molecule has 0 bridgehead atoms. The number of rotatable bonds is 4. The van der Waals surface area contributed by atoms with E-state index in [1.54, 1.807) is 18.2 Å². The molecule has 0 amide bonds. The van der Waals surface area contributed by atoms with Gasteiger partial charge in [-0.15, -0.1) is 54.1 Å². The van der Waals surface area contributed by atoms with Gasteiger partial charge < -0.3 is 14.4 Å². The number of hydrogen-bond donors (Lipinski definition) is 0. The first-order chi connectivity index (χ1) is 24.9. The zero-order chi connectivity index (χ0) is 36.6. The Morgan fingerprint density at radius 3 is 2.16 bits per heavy atom. The summed E-state index contributed by atoms with van der Waals surface area (Å²) in [6, 6.07) is 35.7. The van der Waals surface area contributed by atoms with Crippen LogP contribution in [0.1, 0.15) is 66.7 Å². The van der Waals surface area contributed by atoms with E-state index in [9.17, 15) is 0 Å². The molecular formula is C44H41IrN3O-2. The Hall–Kier alpha value is -4.44. The molecule has 3 aromatic carbocycles. The molecule has 1 fully saturated rings. The quantitative estimate of drug-likeness (QED) is 0.166. The van der Waals surface area contributed by atoms with E-state index >= 15 is 0 Å². The van der Waals surface area contributed by atoms with Gasteiger partial charge in [0.2, 0.25) is 5.71 Å². The van der Waals surface area contributed by atoms with E-state index in [4.69, 9.17) is 19.9 Å². The molecule has 1 aliphatic rings. The summed E-state index contributed by atoms with van der Waals surface area (Å²) in [4.78, 5) is 13.8. The zero-order valence-electron chi connectivity index (χ0n) is 32.2. The number of aryl methyl sites for hydroxylation is 3. The molecule has 0 aliphatic heterocycles. The summed E-state index contributed by atoms with van der Waals surface area (Å²) >= 11 is 0. The van der Waals surface area contributed by atoms with Crippen LogP contribution in [0.5, 0.6) is 0 Å². The normalized spacial score (nSPS) is 20.2. The van der Waals surface area contributed by atoms with Crippen LogP contribution in [0.2, 0.25) is 0 Å². The molecule has 49 heavy (non-hydrogen) atoms. The summed E-state index contributed by atoms with van der Waals surface area (Å²) in [5.74, 6) is 0.556. The predicted octanol–water partition coefficient (Wildman–Crippen LogP) is 11.5. The number of hydrogen-bond acceptors (Lipinski definition) is 4. The van der Waals surface area contributed by atoms with Gasteiger partial charge in [-0.2, -0.15) is 0 Å². The zero-order valence-corrected chi connectivity index (χ0v) is 30.6. The van der Waals surface area contributed by atoms with Gasteiger partial charge in [-0.25, -0.2) is 4.98 Å². The number of aromatic nitrogens is 3. The van der Waals surface area contributed by atoms with Crippen LogP contribution in [0.4, 0.5) is 0 Å². The fraction of sp³-hybridized carbons (Fsp3) is 0.250. The fourth-order valence-electron chi connectivity index (χ4n) is 7.04. The topological polar surface area (TPSA) is 51.8 Å². The third-order valence-electron chi connectivity index (χ3n) is 9.21. The summed E-state index contributed by atoms with van der Waals surface area (Å²) in [5, 5.41) is 2.00. The van der Waals surface area contributed by atoms with Crippen LogP contribution >= 0.6 is 0 Å². The van der Waals surface area contributed by atoms with Gasteiger partial charge in [-0.05, 0) is 103 Å². The minimum atomic E-state index is -2.09. The van der Waals surface area contributed by atoms with E-state index in [-0.39, 0.29) is 25.7 Å². The second-order valence-corrected chi connectivity index (χ2v) is 13.1. The molecule has 2 atom stereocenters. The van der Waals surface area contributed by atoms with E-state index < -0.39 is 12.7 Å². The van der Waals surface area contributed by atoms with E-state index in [1.165, 1.54) is 23.7 Å². The summed E-state index contributed by atoms with van der Waals surface area (Å²) in [7, 11) is 0. The standard InChI is InChI=1S/C32H31N2O.C12H10N.Ir/c1-19-15-20(2)17-24(16-19)23-11-13-28(33-18-23)27-10-6-9-25-26-12-14-29(34-32(26)35-31(25)27)30-21(3)7-5-8-22(30)4;1-10-7-8-12(13-9-10)11-5-3-2-4-6-11;/h5-9,11-14,18-20,24H,15-17H2,1-4H3;2-5,7-9H,1H3;/q2*-1;/i24D;1D3;. The molecule has 0 spiro atoms. The molecule has 2 unspecified atom stereocenters. The Morgan fingerprint density at radius 2 is 1.49 bits per heavy atom. The van der Waals surface area contributed by atoms with Crippen molar-refractivity contribution in [2.75, 3.05) is 0 Å². The van der Waals surface area contributed by atoms with Crippen molar-refractivity contribution in [3.05, 3.63) is 138 Å². The number of furan rings is 1. The van der Waals surface area contributed by atoms with Crippen molar-refractivity contribution in [2.45, 2.75) is 59.7 Å². The molecule has 0 saturated heterocycles. The Balaban J connectivity index is 0.000000238. The average molecular weight is 824 g/mol. The van der Waals surface area contributed by atoms with Crippen LogP contribution in [-0.4, -0.2) is 15.0 Å². The maximum absolute atomic E-state index is 9.15. The number of benzene rings is 3. The van der Waals surface area contributed by atoms with Gasteiger partial charge in [0, 0.05) is 48.9 Å². The molecule has 0 N–H and O–H groups in total. The molecule has 5 heteroatoms. The van der Waals surface area contributed by atoms with Gasteiger partial charge in [-0.1, -0.05) is 67.3 Å². The van der Waals surface area contributed by atoms with E-state index in [2.05, 4.69) is 81.2 Å². The average Bonchev–Trinajstić information content (AvgIpc) is 3.50. The molecule has 4 aromatic heterocycles. The maximum Gasteiger partial charge on any atom is 0.216 e.